The van der Waals surface area contributed by atoms with Crippen LogP contribution in [0, 0.1) is 6.92 Å². The number of rotatable bonds is 6. The maximum absolute atomic E-state index is 12.8. The zero-order valence-electron chi connectivity index (χ0n) is 17.3. The van der Waals surface area contributed by atoms with Gasteiger partial charge in [-0.15, -0.1) is 11.3 Å². The number of benzene rings is 2. The number of halogens is 1. The molecule has 4 aromatic rings. The summed E-state index contributed by atoms with van der Waals surface area (Å²) in [4.78, 5) is 21.8. The molecule has 2 aromatic heterocycles. The van der Waals surface area contributed by atoms with Crippen LogP contribution in [0.25, 0.3) is 22.6 Å². The van der Waals surface area contributed by atoms with Crippen LogP contribution in [0.5, 0.6) is 0 Å². The van der Waals surface area contributed by atoms with E-state index in [2.05, 4.69) is 29.3 Å². The summed E-state index contributed by atoms with van der Waals surface area (Å²) in [5, 5.41) is 10.6. The first-order valence-electron chi connectivity index (χ1n) is 9.73. The number of amides is 1. The van der Waals surface area contributed by atoms with Crippen molar-refractivity contribution in [3.8, 4) is 22.6 Å². The van der Waals surface area contributed by atoms with Crippen molar-refractivity contribution in [2.75, 3.05) is 6.54 Å². The molecular formula is C23H21ClN4O2S. The minimum atomic E-state index is -0.326. The van der Waals surface area contributed by atoms with Gasteiger partial charge in [0.25, 0.3) is 5.91 Å². The molecule has 2 aromatic carbocycles. The molecule has 0 aliphatic carbocycles. The lowest BCUT2D eigenvalue weighted by Crippen LogP contribution is -2.36. The molecule has 158 valence electrons. The molecule has 0 saturated carbocycles. The van der Waals surface area contributed by atoms with Gasteiger partial charge in [0.1, 0.15) is 5.01 Å². The van der Waals surface area contributed by atoms with Gasteiger partial charge in [-0.05, 0) is 24.3 Å². The van der Waals surface area contributed by atoms with Crippen LogP contribution in [0.4, 0.5) is 0 Å². The summed E-state index contributed by atoms with van der Waals surface area (Å²) in [6, 6.07) is 14.8. The number of nitrogens with zero attached hydrogens (tertiary/aromatic N) is 3. The van der Waals surface area contributed by atoms with Crippen LogP contribution >= 0.6 is 22.9 Å². The summed E-state index contributed by atoms with van der Waals surface area (Å²) in [6.07, 6.45) is 0. The van der Waals surface area contributed by atoms with Gasteiger partial charge in [0.15, 0.2) is 0 Å². The Morgan fingerprint density at radius 1 is 1.13 bits per heavy atom. The number of aryl methyl sites for hydroxylation is 1. The molecular weight excluding hydrogens is 432 g/mol. The van der Waals surface area contributed by atoms with Gasteiger partial charge in [0.2, 0.25) is 11.7 Å². The lowest BCUT2D eigenvalue weighted by atomic mass is 9.94. The van der Waals surface area contributed by atoms with Crippen molar-refractivity contribution in [3.05, 3.63) is 75.4 Å². The fourth-order valence-corrected chi connectivity index (χ4v) is 4.11. The van der Waals surface area contributed by atoms with E-state index in [0.29, 0.717) is 28.8 Å². The molecule has 0 spiro atoms. The van der Waals surface area contributed by atoms with E-state index in [4.69, 9.17) is 21.1 Å². The highest BCUT2D eigenvalue weighted by molar-refractivity contribution is 7.10. The van der Waals surface area contributed by atoms with E-state index in [0.717, 1.165) is 21.8 Å². The van der Waals surface area contributed by atoms with Crippen molar-refractivity contribution in [3.63, 3.8) is 0 Å². The van der Waals surface area contributed by atoms with Crippen LogP contribution in [-0.2, 0) is 5.41 Å². The van der Waals surface area contributed by atoms with Gasteiger partial charge >= 0.3 is 0 Å². The molecule has 31 heavy (non-hydrogen) atoms. The summed E-state index contributed by atoms with van der Waals surface area (Å²) in [5.41, 5.74) is 2.86. The zero-order valence-corrected chi connectivity index (χ0v) is 18.9. The third kappa shape index (κ3) is 4.84. The van der Waals surface area contributed by atoms with Crippen LogP contribution < -0.4 is 5.32 Å². The average Bonchev–Trinajstić information content (AvgIpc) is 3.43. The highest BCUT2D eigenvalue weighted by Crippen LogP contribution is 2.30. The first-order chi connectivity index (χ1) is 14.8. The molecule has 6 nitrogen and oxygen atoms in total. The lowest BCUT2D eigenvalue weighted by Gasteiger charge is -2.22. The Morgan fingerprint density at radius 2 is 1.90 bits per heavy atom. The molecule has 8 heteroatoms. The van der Waals surface area contributed by atoms with E-state index in [1.807, 2.05) is 35.7 Å². The van der Waals surface area contributed by atoms with Crippen LogP contribution in [0.3, 0.4) is 0 Å². The molecule has 0 atom stereocenters. The molecule has 0 aliphatic rings. The third-order valence-electron chi connectivity index (χ3n) is 4.82. The number of thiazole rings is 1. The Labute approximate surface area is 189 Å². The van der Waals surface area contributed by atoms with Gasteiger partial charge in [-0.2, -0.15) is 4.98 Å². The Bertz CT molecular complexity index is 1210. The van der Waals surface area contributed by atoms with E-state index in [1.165, 1.54) is 0 Å². The highest BCUT2D eigenvalue weighted by Gasteiger charge is 2.26. The molecule has 0 aliphatic heterocycles. The first-order valence-corrected chi connectivity index (χ1v) is 11.0. The van der Waals surface area contributed by atoms with Crippen LogP contribution in [0.15, 0.2) is 58.4 Å². The fraction of sp³-hybridized carbons (Fsp3) is 0.217. The summed E-state index contributed by atoms with van der Waals surface area (Å²) in [7, 11) is 0. The van der Waals surface area contributed by atoms with Crippen molar-refractivity contribution in [1.29, 1.82) is 0 Å². The molecule has 0 unspecified atom stereocenters. The molecule has 0 bridgehead atoms. The Hall–Kier alpha value is -3.03. The molecule has 0 fully saturated rings. The van der Waals surface area contributed by atoms with Gasteiger partial charge in [-0.1, -0.05) is 54.9 Å². The van der Waals surface area contributed by atoms with Crippen molar-refractivity contribution in [1.82, 2.24) is 20.4 Å². The molecule has 0 radical (unpaired) electrons. The van der Waals surface area contributed by atoms with Crippen molar-refractivity contribution in [2.24, 2.45) is 0 Å². The lowest BCUT2D eigenvalue weighted by molar-refractivity contribution is 0.0945. The second-order valence-corrected chi connectivity index (χ2v) is 9.12. The largest absolute Gasteiger partial charge is 0.351 e. The predicted molar refractivity (Wildman–Crippen MR) is 122 cm³/mol. The molecule has 0 saturated heterocycles. The molecule has 4 rings (SSSR count). The normalized spacial score (nSPS) is 11.5. The third-order valence-corrected chi connectivity index (χ3v) is 6.28. The smallest absolute Gasteiger partial charge is 0.251 e. The number of carbonyl (C=O) groups excluding carboxylic acids is 1. The predicted octanol–water partition coefficient (Wildman–Crippen LogP) is 5.53. The first kappa shape index (κ1) is 21.2. The highest BCUT2D eigenvalue weighted by atomic mass is 35.5. The second kappa shape index (κ2) is 8.61. The minimum Gasteiger partial charge on any atom is -0.351 e. The summed E-state index contributed by atoms with van der Waals surface area (Å²) in [5.74, 6) is 0.780. The van der Waals surface area contributed by atoms with E-state index < -0.39 is 0 Å². The summed E-state index contributed by atoms with van der Waals surface area (Å²) < 4.78 is 5.03. The number of carbonyl (C=O) groups is 1. The number of nitrogens with one attached hydrogen (secondary N) is 1. The molecule has 2 heterocycles. The van der Waals surface area contributed by atoms with Gasteiger partial charge < -0.3 is 9.84 Å². The average molecular weight is 453 g/mol. The topological polar surface area (TPSA) is 80.9 Å². The Kier molecular flexibility index (Phi) is 5.89. The van der Waals surface area contributed by atoms with Crippen molar-refractivity contribution in [2.45, 2.75) is 26.2 Å². The van der Waals surface area contributed by atoms with Crippen LogP contribution in [0.2, 0.25) is 5.02 Å². The molecule has 1 N–H and O–H groups in total. The maximum Gasteiger partial charge on any atom is 0.251 e. The number of hydrogen-bond acceptors (Lipinski definition) is 6. The zero-order chi connectivity index (χ0) is 22.0. The van der Waals surface area contributed by atoms with Gasteiger partial charge in [-0.3, -0.25) is 4.79 Å². The van der Waals surface area contributed by atoms with E-state index >= 15 is 0 Å². The van der Waals surface area contributed by atoms with E-state index in [1.54, 1.807) is 36.5 Å². The van der Waals surface area contributed by atoms with Gasteiger partial charge in [0, 0.05) is 46.0 Å². The minimum absolute atomic E-state index is 0.162. The Morgan fingerprint density at radius 3 is 2.61 bits per heavy atom. The van der Waals surface area contributed by atoms with Crippen molar-refractivity contribution < 1.29 is 9.32 Å². The Balaban J connectivity index is 1.45. The van der Waals surface area contributed by atoms with E-state index in [-0.39, 0.29) is 11.3 Å². The summed E-state index contributed by atoms with van der Waals surface area (Å²) in [6.45, 7) is 6.31. The standard InChI is InChI=1S/C23H21ClN4O2S/c1-14-26-20(28-30-14)16-5-4-6-17(11-16)21(29)25-13-23(2,3)22-27-19(12-31-22)15-7-9-18(24)10-8-15/h4-12H,13H2,1-3H3,(H,25,29). The number of aromatic nitrogens is 3. The monoisotopic (exact) mass is 452 g/mol. The van der Waals surface area contributed by atoms with Crippen LogP contribution in [0.1, 0.15) is 35.1 Å². The fourth-order valence-electron chi connectivity index (χ4n) is 3.03. The SMILES string of the molecule is Cc1nc(-c2cccc(C(=O)NCC(C)(C)c3nc(-c4ccc(Cl)cc4)cs3)c2)no1. The van der Waals surface area contributed by atoms with Crippen molar-refractivity contribution >= 4 is 28.8 Å². The van der Waals surface area contributed by atoms with E-state index in [9.17, 15) is 4.79 Å². The van der Waals surface area contributed by atoms with Crippen LogP contribution in [-0.4, -0.2) is 27.6 Å². The number of hydrogen-bond donors (Lipinski definition) is 1. The second-order valence-electron chi connectivity index (χ2n) is 7.83. The summed E-state index contributed by atoms with van der Waals surface area (Å²) >= 11 is 7.56. The quantitative estimate of drug-likeness (QED) is 0.416. The van der Waals surface area contributed by atoms with Gasteiger partial charge in [-0.25, -0.2) is 4.98 Å². The maximum atomic E-state index is 12.8. The molecule has 1 amide bonds. The van der Waals surface area contributed by atoms with Gasteiger partial charge in [0.05, 0.1) is 5.69 Å².